The van der Waals surface area contributed by atoms with Gasteiger partial charge >= 0.3 is 17.9 Å². The number of halogens is 1. The van der Waals surface area contributed by atoms with Crippen LogP contribution in [0, 0.1) is 23.6 Å². The average Bonchev–Trinajstić information content (AvgIpc) is 3.69. The average molecular weight is 991 g/mol. The van der Waals surface area contributed by atoms with Gasteiger partial charge in [0.2, 0.25) is 21.8 Å². The molecule has 0 fully saturated rings. The van der Waals surface area contributed by atoms with Gasteiger partial charge in [-0.1, -0.05) is 63.2 Å². The van der Waals surface area contributed by atoms with E-state index in [0.717, 1.165) is 22.5 Å². The van der Waals surface area contributed by atoms with Gasteiger partial charge < -0.3 is 30.9 Å². The van der Waals surface area contributed by atoms with Crippen LogP contribution in [0.2, 0.25) is 0 Å². The Morgan fingerprint density at radius 2 is 1.30 bits per heavy atom. The molecule has 18 nitrogen and oxygen atoms in total. The molecule has 1 heterocycles. The van der Waals surface area contributed by atoms with Crippen molar-refractivity contribution in [2.45, 2.75) is 114 Å². The number of rotatable bonds is 29. The van der Waals surface area contributed by atoms with Crippen LogP contribution in [0.3, 0.4) is 0 Å². The molecule has 0 aliphatic carbocycles. The molecule has 376 valence electrons. The number of nitrogens with one attached hydrogen (secondary N) is 4. The number of benzene rings is 3. The van der Waals surface area contributed by atoms with E-state index in [-0.39, 0.29) is 36.0 Å². The fourth-order valence-electron chi connectivity index (χ4n) is 7.86. The van der Waals surface area contributed by atoms with Crippen LogP contribution in [-0.2, 0) is 71.4 Å². The van der Waals surface area contributed by atoms with E-state index in [0.29, 0.717) is 11.1 Å². The lowest BCUT2D eigenvalue weighted by Crippen LogP contribution is -2.47. The van der Waals surface area contributed by atoms with Crippen molar-refractivity contribution in [3.05, 3.63) is 102 Å². The van der Waals surface area contributed by atoms with Gasteiger partial charge in [0.1, 0.15) is 11.6 Å². The second-order valence-electron chi connectivity index (χ2n) is 18.4. The van der Waals surface area contributed by atoms with Crippen LogP contribution in [0.5, 0.6) is 0 Å². The van der Waals surface area contributed by atoms with Crippen molar-refractivity contribution in [1.82, 2.24) is 20.3 Å². The van der Waals surface area contributed by atoms with E-state index in [2.05, 4.69) is 20.3 Å². The quantitative estimate of drug-likeness (QED) is 0.0383. The number of carboxylic acid groups (broad SMARTS) is 3. The number of ketones is 4. The molecule has 5 atom stereocenters. The number of sulfonamides is 1. The number of fused-ring (bicyclic) bond motifs is 1. The fraction of sp³-hybridized carbons (Fsp3) is 0.420. The Bertz CT molecular complexity index is 2690. The van der Waals surface area contributed by atoms with Crippen LogP contribution in [0.4, 0.5) is 4.39 Å². The van der Waals surface area contributed by atoms with E-state index >= 15 is 0 Å². The summed E-state index contributed by atoms with van der Waals surface area (Å²) < 4.78 is 43.2. The van der Waals surface area contributed by atoms with Crippen molar-refractivity contribution in [3.63, 3.8) is 0 Å². The van der Waals surface area contributed by atoms with Gasteiger partial charge in [0, 0.05) is 73.4 Å². The summed E-state index contributed by atoms with van der Waals surface area (Å²) in [6.07, 6.45) is -3.14. The van der Waals surface area contributed by atoms with E-state index in [1.165, 1.54) is 37.3 Å². The first kappa shape index (κ1) is 55.7. The van der Waals surface area contributed by atoms with Gasteiger partial charge in [0.15, 0.2) is 17.3 Å². The molecule has 0 bridgehead atoms. The highest BCUT2D eigenvalue weighted by Gasteiger charge is 2.34. The first-order chi connectivity index (χ1) is 32.8. The normalized spacial score (nSPS) is 13.8. The van der Waals surface area contributed by atoms with Crippen molar-refractivity contribution in [2.24, 2.45) is 17.8 Å². The van der Waals surface area contributed by atoms with E-state index < -0.39 is 144 Å². The number of hydrogen-bond acceptors (Lipinski definition) is 11. The van der Waals surface area contributed by atoms with Crippen molar-refractivity contribution >= 4 is 73.8 Å². The maximum absolute atomic E-state index is 14.4. The van der Waals surface area contributed by atoms with Crippen LogP contribution < -0.4 is 15.4 Å². The zero-order chi connectivity index (χ0) is 51.9. The maximum atomic E-state index is 14.4. The highest BCUT2D eigenvalue weighted by molar-refractivity contribution is 7.89. The van der Waals surface area contributed by atoms with Crippen LogP contribution in [-0.4, -0.2) is 100 Å². The third kappa shape index (κ3) is 17.2. The number of para-hydroxylation sites is 1. The molecule has 2 amide bonds. The summed E-state index contributed by atoms with van der Waals surface area (Å²) in [5.74, 6) is -13.1. The number of carbonyl (C=O) groups is 9. The van der Waals surface area contributed by atoms with Gasteiger partial charge in [-0.05, 0) is 78.6 Å². The molecule has 0 spiro atoms. The standard InChI is InChI=1S/C50H59FN4O14S/c1-29(56)31(12-18-45(60)61)24-43(58)41(23-34-27-52-40-11-6-5-10-39(34)40)54-49(67)33(20-30-8-7-9-36(51)21-30)22-37(57)28-53-48(66)32(13-19-46(62)63)25-44(59)42(26-47(64)65)55-70(68,69)38-16-14-35(15-17-38)50(2,3)4/h5-11,14-17,21,27,31-33,41-42,52,55H,12-13,18-20,22-26,28H2,1-4H3,(H,53,66)(H,54,67)(H,60,61)(H,62,63)(H,64,65)/t31-,32-,33-,41+,42-/m1/s1. The topological polar surface area (TPSA) is 300 Å². The zero-order valence-corrected chi connectivity index (χ0v) is 40.1. The molecule has 3 aromatic carbocycles. The van der Waals surface area contributed by atoms with E-state index in [1.54, 1.807) is 42.6 Å². The van der Waals surface area contributed by atoms with Crippen molar-refractivity contribution in [1.29, 1.82) is 0 Å². The molecule has 0 aliphatic heterocycles. The minimum Gasteiger partial charge on any atom is -0.481 e. The Kier molecular flexibility index (Phi) is 19.9. The number of amides is 2. The Balaban J connectivity index is 1.55. The molecule has 0 saturated heterocycles. The van der Waals surface area contributed by atoms with Gasteiger partial charge in [-0.2, -0.15) is 0 Å². The smallest absolute Gasteiger partial charge is 0.305 e. The lowest BCUT2D eigenvalue weighted by molar-refractivity contribution is -0.140. The molecule has 70 heavy (non-hydrogen) atoms. The number of carboxylic acids is 3. The Morgan fingerprint density at radius 1 is 0.686 bits per heavy atom. The first-order valence-corrected chi connectivity index (χ1v) is 24.0. The maximum Gasteiger partial charge on any atom is 0.305 e. The Labute approximate surface area is 404 Å². The van der Waals surface area contributed by atoms with E-state index in [9.17, 15) is 71.3 Å². The van der Waals surface area contributed by atoms with Gasteiger partial charge in [0.05, 0.1) is 29.9 Å². The second kappa shape index (κ2) is 25.1. The van der Waals surface area contributed by atoms with Crippen molar-refractivity contribution in [3.8, 4) is 0 Å². The van der Waals surface area contributed by atoms with Gasteiger partial charge in [-0.25, -0.2) is 17.5 Å². The van der Waals surface area contributed by atoms with Crippen LogP contribution in [0.1, 0.15) is 95.8 Å². The first-order valence-electron chi connectivity index (χ1n) is 22.6. The fourth-order valence-corrected chi connectivity index (χ4v) is 9.08. The Morgan fingerprint density at radius 3 is 1.90 bits per heavy atom. The number of aliphatic carboxylic acids is 3. The number of aromatic amines is 1. The van der Waals surface area contributed by atoms with Crippen molar-refractivity contribution in [2.75, 3.05) is 6.54 Å². The SMILES string of the molecule is CC(=O)[C@H](CCC(=O)O)CC(=O)[C@H](Cc1c[nH]c2ccccc12)NC(=O)[C@@H](CC(=O)CNC(=O)[C@H](CCC(=O)O)CC(=O)[C@@H](CC(=O)O)NS(=O)(=O)c1ccc(C(C)(C)C)cc1)Cc1cccc(F)c1. The highest BCUT2D eigenvalue weighted by Crippen LogP contribution is 2.26. The second-order valence-corrected chi connectivity index (χ2v) is 20.1. The highest BCUT2D eigenvalue weighted by atomic mass is 32.2. The van der Waals surface area contributed by atoms with Crippen molar-refractivity contribution < 1.29 is 71.3 Å². The molecule has 1 aromatic heterocycles. The number of hydrogen-bond donors (Lipinski definition) is 7. The molecular weight excluding hydrogens is 932 g/mol. The van der Waals surface area contributed by atoms with E-state index in [4.69, 9.17) is 0 Å². The van der Waals surface area contributed by atoms with E-state index in [1.807, 2.05) is 20.8 Å². The monoisotopic (exact) mass is 990 g/mol. The molecular formula is C50H59FN4O14S. The van der Waals surface area contributed by atoms with Gasteiger partial charge in [-0.3, -0.25) is 43.2 Å². The number of aromatic nitrogens is 1. The Hall–Kier alpha value is -6.93. The summed E-state index contributed by atoms with van der Waals surface area (Å²) in [7, 11) is -4.49. The summed E-state index contributed by atoms with van der Waals surface area (Å²) in [6, 6.07) is 14.9. The third-order valence-electron chi connectivity index (χ3n) is 11.8. The number of Topliss-reactive ketones (excluding diaryl/α,β-unsaturated/α-hetero) is 4. The molecule has 4 aromatic rings. The summed E-state index contributed by atoms with van der Waals surface area (Å²) in [5, 5.41) is 34.1. The predicted octanol–water partition coefficient (Wildman–Crippen LogP) is 4.86. The lowest BCUT2D eigenvalue weighted by atomic mass is 9.87. The van der Waals surface area contributed by atoms with Crippen LogP contribution >= 0.6 is 0 Å². The molecule has 0 radical (unpaired) electrons. The summed E-state index contributed by atoms with van der Waals surface area (Å²) in [4.78, 5) is 119. The summed E-state index contributed by atoms with van der Waals surface area (Å²) in [6.45, 7) is 6.20. The number of H-pyrrole nitrogens is 1. The number of carbonyl (C=O) groups excluding carboxylic acids is 6. The molecule has 7 N–H and O–H groups in total. The zero-order valence-electron chi connectivity index (χ0n) is 39.3. The predicted molar refractivity (Wildman–Crippen MR) is 252 cm³/mol. The lowest BCUT2D eigenvalue weighted by Gasteiger charge is -2.24. The minimum atomic E-state index is -4.49. The minimum absolute atomic E-state index is 0.0788. The third-order valence-corrected chi connectivity index (χ3v) is 13.3. The largest absolute Gasteiger partial charge is 0.481 e. The van der Waals surface area contributed by atoms with Gasteiger partial charge in [-0.15, -0.1) is 0 Å². The summed E-state index contributed by atoms with van der Waals surface area (Å²) in [5.41, 5.74) is 2.11. The molecule has 20 heteroatoms. The molecule has 0 unspecified atom stereocenters. The van der Waals surface area contributed by atoms with Crippen LogP contribution in [0.15, 0.2) is 83.9 Å². The van der Waals surface area contributed by atoms with Gasteiger partial charge in [0.25, 0.3) is 0 Å². The molecule has 0 aliphatic rings. The molecule has 0 saturated carbocycles. The summed E-state index contributed by atoms with van der Waals surface area (Å²) >= 11 is 0. The van der Waals surface area contributed by atoms with Crippen LogP contribution in [0.25, 0.3) is 10.9 Å². The molecule has 4 rings (SSSR count).